The second-order valence-corrected chi connectivity index (χ2v) is 7.96. The molecule has 34 heavy (non-hydrogen) atoms. The standard InChI is InChI=1S/C25H25N5O4/c1-15-19(16(2)34-28-15)26-23(32)20-22(31)24(33)30(4)25(27-20)29(3)21(17-11-7-5-8-12-17)18-13-9-6-10-14-18/h5-14,21,31H,1-4H3,(H,26,32). The van der Waals surface area contributed by atoms with Crippen LogP contribution in [0.1, 0.15) is 39.1 Å². The zero-order valence-corrected chi connectivity index (χ0v) is 19.3. The van der Waals surface area contributed by atoms with Crippen LogP contribution in [0.3, 0.4) is 0 Å². The third-order valence-corrected chi connectivity index (χ3v) is 5.66. The van der Waals surface area contributed by atoms with E-state index in [4.69, 9.17) is 4.52 Å². The second-order valence-electron chi connectivity index (χ2n) is 7.96. The normalized spacial score (nSPS) is 11.0. The molecular weight excluding hydrogens is 434 g/mol. The summed E-state index contributed by atoms with van der Waals surface area (Å²) in [7, 11) is 3.30. The van der Waals surface area contributed by atoms with Crippen molar-refractivity contribution >= 4 is 17.5 Å². The number of nitrogens with zero attached hydrogens (tertiary/aromatic N) is 4. The van der Waals surface area contributed by atoms with Crippen molar-refractivity contribution in [3.8, 4) is 5.75 Å². The molecule has 2 aromatic carbocycles. The molecule has 2 heterocycles. The van der Waals surface area contributed by atoms with Crippen molar-refractivity contribution in [2.24, 2.45) is 7.05 Å². The number of carbonyl (C=O) groups excluding carboxylic acids is 1. The summed E-state index contributed by atoms with van der Waals surface area (Å²) in [5.41, 5.74) is 1.67. The van der Waals surface area contributed by atoms with Crippen LogP contribution in [0.4, 0.5) is 11.6 Å². The summed E-state index contributed by atoms with van der Waals surface area (Å²) in [6.07, 6.45) is 0. The molecule has 0 saturated heterocycles. The van der Waals surface area contributed by atoms with Crippen LogP contribution in [0.5, 0.6) is 5.75 Å². The molecule has 0 spiro atoms. The Morgan fingerprint density at radius 3 is 2.12 bits per heavy atom. The zero-order valence-electron chi connectivity index (χ0n) is 19.3. The molecule has 174 valence electrons. The van der Waals surface area contributed by atoms with E-state index in [2.05, 4.69) is 15.5 Å². The Labute approximate surface area is 196 Å². The van der Waals surface area contributed by atoms with E-state index < -0.39 is 17.2 Å². The molecule has 2 aromatic heterocycles. The van der Waals surface area contributed by atoms with Gasteiger partial charge < -0.3 is 19.8 Å². The first-order chi connectivity index (χ1) is 16.3. The highest BCUT2D eigenvalue weighted by molar-refractivity contribution is 6.05. The molecule has 4 rings (SSSR count). The summed E-state index contributed by atoms with van der Waals surface area (Å²) >= 11 is 0. The minimum atomic E-state index is -0.741. The number of hydrogen-bond donors (Lipinski definition) is 2. The highest BCUT2D eigenvalue weighted by atomic mass is 16.5. The van der Waals surface area contributed by atoms with E-state index in [9.17, 15) is 14.7 Å². The number of aromatic hydroxyl groups is 1. The van der Waals surface area contributed by atoms with Gasteiger partial charge in [-0.15, -0.1) is 0 Å². The molecule has 0 radical (unpaired) electrons. The molecule has 9 heteroatoms. The van der Waals surface area contributed by atoms with Crippen molar-refractivity contribution in [1.29, 1.82) is 0 Å². The fraction of sp³-hybridized carbons (Fsp3) is 0.200. The van der Waals surface area contributed by atoms with Crippen LogP contribution in [0.2, 0.25) is 0 Å². The fourth-order valence-corrected chi connectivity index (χ4v) is 3.91. The Bertz CT molecular complexity index is 1320. The molecule has 0 aliphatic heterocycles. The zero-order chi connectivity index (χ0) is 24.4. The Balaban J connectivity index is 1.81. The van der Waals surface area contributed by atoms with Gasteiger partial charge in [0, 0.05) is 14.1 Å². The van der Waals surface area contributed by atoms with Crippen molar-refractivity contribution in [3.05, 3.63) is 99.3 Å². The lowest BCUT2D eigenvalue weighted by Crippen LogP contribution is -2.34. The van der Waals surface area contributed by atoms with E-state index in [0.29, 0.717) is 17.1 Å². The van der Waals surface area contributed by atoms with Gasteiger partial charge in [-0.3, -0.25) is 14.2 Å². The number of benzene rings is 2. The highest BCUT2D eigenvalue weighted by Gasteiger charge is 2.27. The van der Waals surface area contributed by atoms with Crippen molar-refractivity contribution in [2.75, 3.05) is 17.3 Å². The summed E-state index contributed by atoms with van der Waals surface area (Å²) in [6.45, 7) is 3.32. The van der Waals surface area contributed by atoms with Crippen molar-refractivity contribution in [3.63, 3.8) is 0 Å². The van der Waals surface area contributed by atoms with Gasteiger partial charge in [-0.25, -0.2) is 4.98 Å². The van der Waals surface area contributed by atoms with Gasteiger partial charge in [0.05, 0.1) is 6.04 Å². The number of carbonyl (C=O) groups is 1. The van der Waals surface area contributed by atoms with Gasteiger partial charge >= 0.3 is 0 Å². The van der Waals surface area contributed by atoms with Crippen LogP contribution in [-0.4, -0.2) is 32.8 Å². The predicted molar refractivity (Wildman–Crippen MR) is 128 cm³/mol. The van der Waals surface area contributed by atoms with Gasteiger partial charge in [-0.05, 0) is 25.0 Å². The summed E-state index contributed by atoms with van der Waals surface area (Å²) in [5.74, 6) is -0.862. The third kappa shape index (κ3) is 4.15. The summed E-state index contributed by atoms with van der Waals surface area (Å²) < 4.78 is 6.30. The molecule has 4 aromatic rings. The molecular formula is C25H25N5O4. The monoisotopic (exact) mass is 459 g/mol. The van der Waals surface area contributed by atoms with E-state index in [1.165, 1.54) is 11.6 Å². The van der Waals surface area contributed by atoms with E-state index in [1.54, 1.807) is 25.8 Å². The number of anilines is 2. The Morgan fingerprint density at radius 1 is 1.06 bits per heavy atom. The number of hydrogen-bond acceptors (Lipinski definition) is 7. The number of aromatic nitrogens is 3. The molecule has 9 nitrogen and oxygen atoms in total. The van der Waals surface area contributed by atoms with E-state index >= 15 is 0 Å². The topological polar surface area (TPSA) is 113 Å². The van der Waals surface area contributed by atoms with Crippen LogP contribution in [0, 0.1) is 13.8 Å². The molecule has 0 saturated carbocycles. The average molecular weight is 460 g/mol. The first-order valence-corrected chi connectivity index (χ1v) is 10.7. The van der Waals surface area contributed by atoms with Crippen molar-refractivity contribution in [1.82, 2.24) is 14.7 Å². The van der Waals surface area contributed by atoms with Gasteiger partial charge in [0.15, 0.2) is 11.5 Å². The molecule has 0 aliphatic carbocycles. The predicted octanol–water partition coefficient (Wildman–Crippen LogP) is 3.57. The highest BCUT2D eigenvalue weighted by Crippen LogP contribution is 2.31. The number of rotatable bonds is 6. The Morgan fingerprint density at radius 2 is 1.62 bits per heavy atom. The SMILES string of the molecule is Cc1noc(C)c1NC(=O)c1nc(N(C)C(c2ccccc2)c2ccccc2)n(C)c(=O)c1O. The third-order valence-electron chi connectivity index (χ3n) is 5.66. The maximum Gasteiger partial charge on any atom is 0.297 e. The van der Waals surface area contributed by atoms with Crippen LogP contribution < -0.4 is 15.8 Å². The van der Waals surface area contributed by atoms with Crippen LogP contribution in [0.15, 0.2) is 70.0 Å². The van der Waals surface area contributed by atoms with E-state index in [1.807, 2.05) is 60.7 Å². The Kier molecular flexibility index (Phi) is 6.18. The maximum atomic E-state index is 13.0. The molecule has 0 fully saturated rings. The molecule has 0 unspecified atom stereocenters. The number of nitrogens with one attached hydrogen (secondary N) is 1. The average Bonchev–Trinajstić information content (AvgIpc) is 3.16. The van der Waals surface area contributed by atoms with Gasteiger partial charge in [0.2, 0.25) is 11.7 Å². The van der Waals surface area contributed by atoms with Crippen LogP contribution in [0.25, 0.3) is 0 Å². The summed E-state index contributed by atoms with van der Waals surface area (Å²) in [6, 6.07) is 19.2. The lowest BCUT2D eigenvalue weighted by molar-refractivity contribution is 0.101. The molecule has 0 aliphatic rings. The smallest absolute Gasteiger partial charge is 0.297 e. The summed E-state index contributed by atoms with van der Waals surface area (Å²) in [4.78, 5) is 32.1. The lowest BCUT2D eigenvalue weighted by atomic mass is 9.97. The molecule has 1 amide bonds. The van der Waals surface area contributed by atoms with Gasteiger partial charge in [-0.1, -0.05) is 65.8 Å². The number of amides is 1. The summed E-state index contributed by atoms with van der Waals surface area (Å²) in [5, 5.41) is 16.9. The first kappa shape index (κ1) is 22.8. The van der Waals surface area contributed by atoms with Crippen molar-refractivity contribution < 1.29 is 14.4 Å². The van der Waals surface area contributed by atoms with E-state index in [-0.39, 0.29) is 17.7 Å². The molecule has 0 atom stereocenters. The second kappa shape index (κ2) is 9.22. The fourth-order valence-electron chi connectivity index (χ4n) is 3.91. The Hall–Kier alpha value is -4.40. The maximum absolute atomic E-state index is 13.0. The number of aryl methyl sites for hydroxylation is 2. The van der Waals surface area contributed by atoms with Crippen LogP contribution >= 0.6 is 0 Å². The van der Waals surface area contributed by atoms with Gasteiger partial charge in [0.25, 0.3) is 11.5 Å². The van der Waals surface area contributed by atoms with E-state index in [0.717, 1.165) is 11.1 Å². The minimum absolute atomic E-state index is 0.212. The van der Waals surface area contributed by atoms with Gasteiger partial charge in [-0.2, -0.15) is 0 Å². The van der Waals surface area contributed by atoms with Crippen molar-refractivity contribution in [2.45, 2.75) is 19.9 Å². The molecule has 0 bridgehead atoms. The first-order valence-electron chi connectivity index (χ1n) is 10.7. The van der Waals surface area contributed by atoms with Crippen LogP contribution in [-0.2, 0) is 7.05 Å². The van der Waals surface area contributed by atoms with Gasteiger partial charge in [0.1, 0.15) is 11.4 Å². The lowest BCUT2D eigenvalue weighted by Gasteiger charge is -2.31. The molecule has 2 N–H and O–H groups in total. The quantitative estimate of drug-likeness (QED) is 0.453. The minimum Gasteiger partial charge on any atom is -0.501 e. The largest absolute Gasteiger partial charge is 0.501 e.